The van der Waals surface area contributed by atoms with Gasteiger partial charge in [0.2, 0.25) is 15.9 Å². The molecular formula is C9H12F2N2O4S. The highest BCUT2D eigenvalue weighted by Gasteiger charge is 2.20. The van der Waals surface area contributed by atoms with E-state index in [1.54, 1.807) is 4.72 Å². The third-order valence-corrected chi connectivity index (χ3v) is 3.31. The van der Waals surface area contributed by atoms with Crippen LogP contribution in [0.15, 0.2) is 17.2 Å². The van der Waals surface area contributed by atoms with E-state index in [1.807, 2.05) is 0 Å². The number of alkyl halides is 2. The van der Waals surface area contributed by atoms with Crippen LogP contribution in [-0.4, -0.2) is 31.9 Å². The van der Waals surface area contributed by atoms with Crippen LogP contribution in [0.25, 0.3) is 0 Å². The van der Waals surface area contributed by atoms with Gasteiger partial charge in [-0.2, -0.15) is 0 Å². The molecule has 0 aromatic carbocycles. The molecular weight excluding hydrogens is 270 g/mol. The van der Waals surface area contributed by atoms with Crippen molar-refractivity contribution < 1.29 is 26.7 Å². The number of carbonyl (C=O) groups is 1. The Balaban J connectivity index is 2.93. The quantitative estimate of drug-likeness (QED) is 0.797. The van der Waals surface area contributed by atoms with Crippen molar-refractivity contribution in [1.82, 2.24) is 9.29 Å². The molecule has 0 aliphatic heterocycles. The fraction of sp³-hybridized carbons (Fsp3) is 0.444. The molecule has 6 nitrogen and oxygen atoms in total. The molecule has 1 heterocycles. The van der Waals surface area contributed by atoms with Gasteiger partial charge in [0.25, 0.3) is 6.43 Å². The molecule has 1 aromatic heterocycles. The number of sulfonamides is 1. The third-order valence-electron chi connectivity index (χ3n) is 1.92. The number of esters is 1. The lowest BCUT2D eigenvalue weighted by Gasteiger charge is -2.03. The average molecular weight is 282 g/mol. The van der Waals surface area contributed by atoms with Crippen LogP contribution in [0.1, 0.15) is 6.92 Å². The second-order valence-electron chi connectivity index (χ2n) is 3.46. The minimum Gasteiger partial charge on any atom is -0.409 e. The van der Waals surface area contributed by atoms with Crippen LogP contribution in [0, 0.1) is 0 Å². The summed E-state index contributed by atoms with van der Waals surface area (Å²) in [6.45, 7) is 0.191. The number of aromatic nitrogens is 1. The molecule has 18 heavy (non-hydrogen) atoms. The maximum Gasteiger partial charge on any atom is 0.309 e. The molecule has 0 unspecified atom stereocenters. The van der Waals surface area contributed by atoms with Crippen LogP contribution in [-0.2, 0) is 21.9 Å². The maximum absolute atomic E-state index is 11.9. The first-order chi connectivity index (χ1) is 8.22. The van der Waals surface area contributed by atoms with E-state index in [-0.39, 0.29) is 10.8 Å². The number of halogens is 2. The Hall–Kier alpha value is -1.48. The largest absolute Gasteiger partial charge is 0.409 e. The van der Waals surface area contributed by atoms with Gasteiger partial charge in [-0.25, -0.2) is 21.9 Å². The third kappa shape index (κ3) is 3.77. The van der Waals surface area contributed by atoms with E-state index in [9.17, 15) is 22.0 Å². The number of nitrogens with one attached hydrogen (secondary N) is 1. The van der Waals surface area contributed by atoms with Crippen molar-refractivity contribution >= 4 is 16.0 Å². The van der Waals surface area contributed by atoms with E-state index < -0.39 is 29.0 Å². The first-order valence-electron chi connectivity index (χ1n) is 4.85. The second-order valence-corrected chi connectivity index (χ2v) is 5.23. The summed E-state index contributed by atoms with van der Waals surface area (Å²) in [6, 6.07) is 1.08. The highest BCUT2D eigenvalue weighted by Crippen LogP contribution is 2.19. The molecule has 1 rings (SSSR count). The lowest BCUT2D eigenvalue weighted by molar-refractivity contribution is -0.132. The minimum absolute atomic E-state index is 0.0138. The van der Waals surface area contributed by atoms with Gasteiger partial charge in [-0.15, -0.1) is 0 Å². The topological polar surface area (TPSA) is 77.4 Å². The van der Waals surface area contributed by atoms with Gasteiger partial charge in [-0.3, -0.25) is 4.79 Å². The highest BCUT2D eigenvalue weighted by molar-refractivity contribution is 7.89. The van der Waals surface area contributed by atoms with E-state index in [0.717, 1.165) is 19.2 Å². The van der Waals surface area contributed by atoms with E-state index in [1.165, 1.54) is 11.6 Å². The van der Waals surface area contributed by atoms with E-state index in [0.29, 0.717) is 0 Å². The number of nitrogens with zero attached hydrogens (tertiary/aromatic N) is 1. The molecule has 0 spiro atoms. The van der Waals surface area contributed by atoms with Crippen molar-refractivity contribution in [2.24, 2.45) is 7.05 Å². The summed E-state index contributed by atoms with van der Waals surface area (Å²) in [6.07, 6.45) is -1.62. The second kappa shape index (κ2) is 5.44. The molecule has 0 aliphatic carbocycles. The van der Waals surface area contributed by atoms with Gasteiger partial charge >= 0.3 is 5.97 Å². The smallest absolute Gasteiger partial charge is 0.309 e. The van der Waals surface area contributed by atoms with E-state index in [4.69, 9.17) is 4.74 Å². The van der Waals surface area contributed by atoms with Gasteiger partial charge in [0.1, 0.15) is 4.90 Å². The summed E-state index contributed by atoms with van der Waals surface area (Å²) in [5, 5.41) is 0. The molecule has 0 radical (unpaired) electrons. The molecule has 102 valence electrons. The zero-order chi connectivity index (χ0) is 13.9. The average Bonchev–Trinajstić information content (AvgIpc) is 2.57. The first kappa shape index (κ1) is 14.6. The molecule has 9 heteroatoms. The van der Waals surface area contributed by atoms with Crippen molar-refractivity contribution in [3.8, 4) is 5.88 Å². The predicted molar refractivity (Wildman–Crippen MR) is 57.9 cm³/mol. The zero-order valence-electron chi connectivity index (χ0n) is 9.68. The monoisotopic (exact) mass is 282 g/mol. The molecule has 0 bridgehead atoms. The molecule has 1 N–H and O–H groups in total. The fourth-order valence-electron chi connectivity index (χ4n) is 1.17. The molecule has 0 atom stereocenters. The Labute approximate surface area is 103 Å². The Morgan fingerprint density at radius 3 is 2.67 bits per heavy atom. The van der Waals surface area contributed by atoms with Gasteiger partial charge < -0.3 is 9.30 Å². The molecule has 0 amide bonds. The van der Waals surface area contributed by atoms with Gasteiger partial charge in [-0.05, 0) is 0 Å². The molecule has 1 aromatic rings. The first-order valence-corrected chi connectivity index (χ1v) is 6.33. The fourth-order valence-corrected chi connectivity index (χ4v) is 2.23. The van der Waals surface area contributed by atoms with Crippen molar-refractivity contribution in [2.75, 3.05) is 6.54 Å². The molecule has 0 fully saturated rings. The van der Waals surface area contributed by atoms with Crippen LogP contribution in [0.2, 0.25) is 0 Å². The van der Waals surface area contributed by atoms with Gasteiger partial charge in [0.05, 0.1) is 6.54 Å². The van der Waals surface area contributed by atoms with Crippen molar-refractivity contribution in [2.45, 2.75) is 18.2 Å². The number of hydrogen-bond acceptors (Lipinski definition) is 4. The number of aryl methyl sites for hydroxylation is 1. The number of carbonyl (C=O) groups excluding carboxylic acids is 1. The summed E-state index contributed by atoms with van der Waals surface area (Å²) in [5.41, 5.74) is 0. The van der Waals surface area contributed by atoms with Crippen LogP contribution in [0.3, 0.4) is 0 Å². The minimum atomic E-state index is -4.03. The van der Waals surface area contributed by atoms with E-state index in [2.05, 4.69) is 0 Å². The Morgan fingerprint density at radius 2 is 2.17 bits per heavy atom. The summed E-state index contributed by atoms with van der Waals surface area (Å²) >= 11 is 0. The number of ether oxygens (including phenoxy) is 1. The Morgan fingerprint density at radius 1 is 1.56 bits per heavy atom. The molecule has 0 aliphatic rings. The van der Waals surface area contributed by atoms with Crippen molar-refractivity contribution in [1.29, 1.82) is 0 Å². The lowest BCUT2D eigenvalue weighted by Crippen LogP contribution is -2.28. The highest BCUT2D eigenvalue weighted by atomic mass is 32.2. The van der Waals surface area contributed by atoms with Crippen molar-refractivity contribution in [3.63, 3.8) is 0 Å². The Kier molecular flexibility index (Phi) is 4.41. The normalized spacial score (nSPS) is 11.8. The van der Waals surface area contributed by atoms with Gasteiger partial charge in [-0.1, -0.05) is 0 Å². The predicted octanol–water partition coefficient (Wildman–Crippen LogP) is 0.494. The summed E-state index contributed by atoms with van der Waals surface area (Å²) in [5.74, 6) is -0.597. The number of rotatable bonds is 5. The van der Waals surface area contributed by atoms with E-state index >= 15 is 0 Å². The lowest BCUT2D eigenvalue weighted by atomic mass is 10.6. The summed E-state index contributed by atoms with van der Waals surface area (Å²) < 4.78 is 54.8. The SMILES string of the molecule is CC(=O)Oc1cc(S(=O)(=O)NCC(F)F)cn1C. The van der Waals surface area contributed by atoms with Crippen LogP contribution in [0.5, 0.6) is 5.88 Å². The number of hydrogen-bond donors (Lipinski definition) is 1. The van der Waals surface area contributed by atoms with Crippen molar-refractivity contribution in [3.05, 3.63) is 12.3 Å². The van der Waals surface area contributed by atoms with Crippen LogP contribution in [0.4, 0.5) is 8.78 Å². The van der Waals surface area contributed by atoms with Gasteiger partial charge in [0.15, 0.2) is 0 Å². The summed E-state index contributed by atoms with van der Waals surface area (Å²) in [7, 11) is -2.57. The van der Waals surface area contributed by atoms with Gasteiger partial charge in [0, 0.05) is 26.2 Å². The standard InChI is InChI=1S/C9H12F2N2O4S/c1-6(14)17-9-3-7(5-13(9)2)18(15,16)12-4-8(10)11/h3,5,8,12H,4H2,1-2H3. The molecule has 0 saturated carbocycles. The van der Waals surface area contributed by atoms with Crippen LogP contribution >= 0.6 is 0 Å². The van der Waals surface area contributed by atoms with Crippen LogP contribution < -0.4 is 9.46 Å². The zero-order valence-corrected chi connectivity index (χ0v) is 10.5. The molecule has 0 saturated heterocycles. The Bertz CT molecular complexity index is 539. The maximum atomic E-state index is 11.9. The summed E-state index contributed by atoms with van der Waals surface area (Å²) in [4.78, 5) is 10.5.